The molecule has 2 N–H and O–H groups in total. The van der Waals surface area contributed by atoms with Crippen molar-refractivity contribution in [3.8, 4) is 0 Å². The van der Waals surface area contributed by atoms with E-state index in [1.165, 1.54) is 0 Å². The highest BCUT2D eigenvalue weighted by atomic mass is 16.5. The van der Waals surface area contributed by atoms with Crippen molar-refractivity contribution < 1.29 is 9.53 Å². The Hall–Kier alpha value is -2.67. The summed E-state index contributed by atoms with van der Waals surface area (Å²) in [5, 5.41) is 2.78. The standard InChI is InChI=1S/C18H22N4O3/c1-12-9-13(2)21-18(24)15(12)11-20-17(23)14-3-4-16(19-10-14)22-5-7-25-8-6-22/h3-4,9-10H,5-8,11H2,1-2H3,(H,20,23)(H,21,24). The molecule has 1 fully saturated rings. The lowest BCUT2D eigenvalue weighted by atomic mass is 10.1. The summed E-state index contributed by atoms with van der Waals surface area (Å²) >= 11 is 0. The first-order chi connectivity index (χ1) is 12.0. The molecule has 3 heterocycles. The number of aromatic nitrogens is 2. The fraction of sp³-hybridized carbons (Fsp3) is 0.389. The zero-order chi connectivity index (χ0) is 17.8. The quantitative estimate of drug-likeness (QED) is 0.870. The summed E-state index contributed by atoms with van der Waals surface area (Å²) in [4.78, 5) is 33.5. The van der Waals surface area contributed by atoms with Crippen LogP contribution in [0.5, 0.6) is 0 Å². The highest BCUT2D eigenvalue weighted by Crippen LogP contribution is 2.13. The number of morpholine rings is 1. The van der Waals surface area contributed by atoms with Gasteiger partial charge in [0, 0.05) is 37.1 Å². The fourth-order valence-electron chi connectivity index (χ4n) is 2.87. The molecule has 1 aliphatic rings. The van der Waals surface area contributed by atoms with Crippen LogP contribution < -0.4 is 15.8 Å². The van der Waals surface area contributed by atoms with E-state index < -0.39 is 0 Å². The van der Waals surface area contributed by atoms with E-state index in [9.17, 15) is 9.59 Å². The van der Waals surface area contributed by atoms with Crippen molar-refractivity contribution in [2.45, 2.75) is 20.4 Å². The fourth-order valence-corrected chi connectivity index (χ4v) is 2.87. The Labute approximate surface area is 146 Å². The second kappa shape index (κ2) is 7.48. The number of rotatable bonds is 4. The maximum absolute atomic E-state index is 12.3. The number of nitrogens with zero attached hydrogens (tertiary/aromatic N) is 2. The van der Waals surface area contributed by atoms with Gasteiger partial charge in [0.25, 0.3) is 11.5 Å². The second-order valence-electron chi connectivity index (χ2n) is 6.13. The molecule has 0 aromatic carbocycles. The number of aromatic amines is 1. The zero-order valence-corrected chi connectivity index (χ0v) is 14.5. The van der Waals surface area contributed by atoms with Gasteiger partial charge in [-0.3, -0.25) is 9.59 Å². The molecule has 2 aromatic heterocycles. The number of pyridine rings is 2. The molecule has 132 valence electrons. The minimum Gasteiger partial charge on any atom is -0.378 e. The lowest BCUT2D eigenvalue weighted by Crippen LogP contribution is -2.36. The average Bonchev–Trinajstić information content (AvgIpc) is 2.61. The third-order valence-corrected chi connectivity index (χ3v) is 4.26. The molecule has 0 unspecified atom stereocenters. The van der Waals surface area contributed by atoms with Crippen LogP contribution in [0.3, 0.4) is 0 Å². The van der Waals surface area contributed by atoms with Gasteiger partial charge in [0.05, 0.1) is 18.8 Å². The molecule has 7 nitrogen and oxygen atoms in total. The molecular formula is C18H22N4O3. The lowest BCUT2D eigenvalue weighted by molar-refractivity contribution is 0.0950. The largest absolute Gasteiger partial charge is 0.378 e. The van der Waals surface area contributed by atoms with Crippen LogP contribution in [0.4, 0.5) is 5.82 Å². The molecule has 0 saturated carbocycles. The van der Waals surface area contributed by atoms with Gasteiger partial charge in [0.1, 0.15) is 5.82 Å². The Kier molecular flexibility index (Phi) is 5.14. The minimum atomic E-state index is -0.250. The number of carbonyl (C=O) groups is 1. The summed E-state index contributed by atoms with van der Waals surface area (Å²) in [6.07, 6.45) is 1.56. The predicted octanol–water partition coefficient (Wildman–Crippen LogP) is 1.15. The number of nitrogens with one attached hydrogen (secondary N) is 2. The molecule has 0 bridgehead atoms. The molecule has 2 aromatic rings. The van der Waals surface area contributed by atoms with Crippen molar-refractivity contribution in [1.29, 1.82) is 0 Å². The van der Waals surface area contributed by atoms with Crippen molar-refractivity contribution >= 4 is 11.7 Å². The van der Waals surface area contributed by atoms with E-state index in [0.29, 0.717) is 24.3 Å². The Balaban J connectivity index is 1.64. The molecule has 1 aliphatic heterocycles. The van der Waals surface area contributed by atoms with Crippen LogP contribution in [0.1, 0.15) is 27.2 Å². The van der Waals surface area contributed by atoms with Gasteiger partial charge in [-0.05, 0) is 37.6 Å². The first-order valence-corrected chi connectivity index (χ1v) is 8.31. The van der Waals surface area contributed by atoms with E-state index >= 15 is 0 Å². The highest BCUT2D eigenvalue weighted by Gasteiger charge is 2.14. The molecule has 25 heavy (non-hydrogen) atoms. The summed E-state index contributed by atoms with van der Waals surface area (Å²) < 4.78 is 5.32. The maximum Gasteiger partial charge on any atom is 0.253 e. The molecule has 0 radical (unpaired) electrons. The van der Waals surface area contributed by atoms with Gasteiger partial charge < -0.3 is 19.9 Å². The van der Waals surface area contributed by atoms with Crippen molar-refractivity contribution in [2.24, 2.45) is 0 Å². The maximum atomic E-state index is 12.3. The number of carbonyl (C=O) groups excluding carboxylic acids is 1. The van der Waals surface area contributed by atoms with Crippen LogP contribution in [-0.4, -0.2) is 42.2 Å². The van der Waals surface area contributed by atoms with Crippen LogP contribution in [-0.2, 0) is 11.3 Å². The van der Waals surface area contributed by atoms with Gasteiger partial charge >= 0.3 is 0 Å². The van der Waals surface area contributed by atoms with E-state index in [1.807, 2.05) is 26.0 Å². The van der Waals surface area contributed by atoms with Gasteiger partial charge in [0.15, 0.2) is 0 Å². The van der Waals surface area contributed by atoms with E-state index in [0.717, 1.165) is 30.2 Å². The van der Waals surface area contributed by atoms with E-state index in [-0.39, 0.29) is 18.0 Å². The number of hydrogen-bond acceptors (Lipinski definition) is 5. The van der Waals surface area contributed by atoms with Gasteiger partial charge in [-0.2, -0.15) is 0 Å². The van der Waals surface area contributed by atoms with Gasteiger partial charge in [-0.1, -0.05) is 0 Å². The second-order valence-corrected chi connectivity index (χ2v) is 6.13. The summed E-state index contributed by atoms with van der Waals surface area (Å²) in [5.41, 5.74) is 2.54. The van der Waals surface area contributed by atoms with Gasteiger partial charge in [-0.15, -0.1) is 0 Å². The number of ether oxygens (including phenoxy) is 1. The average molecular weight is 342 g/mol. The third-order valence-electron chi connectivity index (χ3n) is 4.26. The SMILES string of the molecule is Cc1cc(C)c(CNC(=O)c2ccc(N3CCOCC3)nc2)c(=O)[nH]1. The lowest BCUT2D eigenvalue weighted by Gasteiger charge is -2.27. The van der Waals surface area contributed by atoms with Crippen LogP contribution in [0.15, 0.2) is 29.2 Å². The molecule has 1 amide bonds. The molecule has 7 heteroatoms. The summed E-state index contributed by atoms with van der Waals surface area (Å²) in [7, 11) is 0. The van der Waals surface area contributed by atoms with Crippen LogP contribution in [0, 0.1) is 13.8 Å². The number of aryl methyl sites for hydroxylation is 2. The van der Waals surface area contributed by atoms with Crippen molar-refractivity contribution in [2.75, 3.05) is 31.2 Å². The normalized spacial score (nSPS) is 14.4. The van der Waals surface area contributed by atoms with Gasteiger partial charge in [0.2, 0.25) is 0 Å². The zero-order valence-electron chi connectivity index (χ0n) is 14.5. The van der Waals surface area contributed by atoms with E-state index in [4.69, 9.17) is 4.74 Å². The van der Waals surface area contributed by atoms with Gasteiger partial charge in [-0.25, -0.2) is 4.98 Å². The van der Waals surface area contributed by atoms with Crippen LogP contribution in [0.25, 0.3) is 0 Å². The monoisotopic (exact) mass is 342 g/mol. The number of amides is 1. The third kappa shape index (κ3) is 4.06. The molecule has 0 aliphatic carbocycles. The number of hydrogen-bond donors (Lipinski definition) is 2. The predicted molar refractivity (Wildman–Crippen MR) is 95.0 cm³/mol. The minimum absolute atomic E-state index is 0.168. The topological polar surface area (TPSA) is 87.3 Å². The van der Waals surface area contributed by atoms with Crippen molar-refractivity contribution in [1.82, 2.24) is 15.3 Å². The number of H-pyrrole nitrogens is 1. The smallest absolute Gasteiger partial charge is 0.253 e. The van der Waals surface area contributed by atoms with Crippen LogP contribution >= 0.6 is 0 Å². The van der Waals surface area contributed by atoms with Crippen molar-refractivity contribution in [3.05, 3.63) is 57.1 Å². The first kappa shape index (κ1) is 17.2. The van der Waals surface area contributed by atoms with Crippen molar-refractivity contribution in [3.63, 3.8) is 0 Å². The highest BCUT2D eigenvalue weighted by molar-refractivity contribution is 5.94. The summed E-state index contributed by atoms with van der Waals surface area (Å²) in [6.45, 7) is 6.86. The summed E-state index contributed by atoms with van der Waals surface area (Å²) in [5.74, 6) is 0.589. The Bertz CT molecular complexity index is 808. The molecule has 1 saturated heterocycles. The number of anilines is 1. The first-order valence-electron chi connectivity index (χ1n) is 8.31. The van der Waals surface area contributed by atoms with E-state index in [1.54, 1.807) is 12.3 Å². The Morgan fingerprint density at radius 3 is 2.72 bits per heavy atom. The summed E-state index contributed by atoms with van der Waals surface area (Å²) in [6, 6.07) is 5.48. The molecule has 3 rings (SSSR count). The Morgan fingerprint density at radius 2 is 2.08 bits per heavy atom. The van der Waals surface area contributed by atoms with E-state index in [2.05, 4.69) is 20.2 Å². The molecule has 0 atom stereocenters. The Morgan fingerprint density at radius 1 is 1.32 bits per heavy atom. The van der Waals surface area contributed by atoms with Crippen LogP contribution in [0.2, 0.25) is 0 Å². The molecule has 0 spiro atoms. The molecular weight excluding hydrogens is 320 g/mol.